The maximum atomic E-state index is 14.5. The van der Waals surface area contributed by atoms with Crippen LogP contribution in [0.4, 0.5) is 0 Å². The average Bonchev–Trinajstić information content (AvgIpc) is 3.33. The summed E-state index contributed by atoms with van der Waals surface area (Å²) in [6.45, 7) is 11.7. The summed E-state index contributed by atoms with van der Waals surface area (Å²) >= 11 is 0. The van der Waals surface area contributed by atoms with Crippen molar-refractivity contribution in [2.75, 3.05) is 48.2 Å². The summed E-state index contributed by atoms with van der Waals surface area (Å²) < 4.78 is 41.0. The molecule has 2 N–H and O–H groups in total. The lowest BCUT2D eigenvalue weighted by Crippen LogP contribution is -2.61. The number of rotatable bonds is 10. The van der Waals surface area contributed by atoms with Crippen molar-refractivity contribution >= 4 is 29.2 Å². The minimum absolute atomic E-state index is 0.0919. The van der Waals surface area contributed by atoms with Crippen LogP contribution < -0.4 is 0 Å². The number of Topliss-reactive ketones (excluding diaryl/α,β-unsaturated/α-hetero) is 3. The summed E-state index contributed by atoms with van der Waals surface area (Å²) in [6, 6.07) is -1.13. The summed E-state index contributed by atoms with van der Waals surface area (Å²) in [6.07, 6.45) is 13.0. The molecule has 0 aromatic rings. The van der Waals surface area contributed by atoms with Crippen LogP contribution in [0, 0.1) is 29.6 Å². The van der Waals surface area contributed by atoms with Crippen LogP contribution in [0.15, 0.2) is 47.6 Å². The highest BCUT2D eigenvalue weighted by Crippen LogP contribution is 2.38. The topological polar surface area (TPSA) is 194 Å². The van der Waals surface area contributed by atoms with E-state index in [1.165, 1.54) is 12.0 Å². The maximum absolute atomic E-state index is 14.5. The van der Waals surface area contributed by atoms with Gasteiger partial charge in [-0.1, -0.05) is 64.2 Å². The Hall–Kier alpha value is -3.41. The van der Waals surface area contributed by atoms with Crippen molar-refractivity contribution < 1.29 is 67.3 Å². The lowest BCUT2D eigenvalue weighted by molar-refractivity contribution is -0.265. The highest BCUT2D eigenvalue weighted by molar-refractivity contribution is 6.39. The second kappa shape index (κ2) is 27.8. The van der Waals surface area contributed by atoms with E-state index in [0.29, 0.717) is 76.6 Å². The molecule has 0 spiro atoms. The summed E-state index contributed by atoms with van der Waals surface area (Å²) in [7, 11) is 6.25. The number of hydrogen-bond donors (Lipinski definition) is 2. The molecule has 68 heavy (non-hydrogen) atoms. The molecule has 1 aliphatic carbocycles. The lowest BCUT2D eigenvalue weighted by atomic mass is 9.78. The van der Waals surface area contributed by atoms with Crippen molar-refractivity contribution in [3.8, 4) is 0 Å². The van der Waals surface area contributed by atoms with Crippen LogP contribution >= 0.6 is 0 Å². The van der Waals surface area contributed by atoms with E-state index in [4.69, 9.17) is 33.2 Å². The van der Waals surface area contributed by atoms with Gasteiger partial charge in [0.1, 0.15) is 30.1 Å². The van der Waals surface area contributed by atoms with Gasteiger partial charge in [-0.25, -0.2) is 4.79 Å². The molecule has 0 unspecified atom stereocenters. The maximum Gasteiger partial charge on any atom is 0.329 e. The number of ketones is 3. The second-order valence-corrected chi connectivity index (χ2v) is 19.8. The van der Waals surface area contributed by atoms with E-state index in [2.05, 4.69) is 0 Å². The number of allylic oxidation sites excluding steroid dienone is 6. The number of nitrogens with zero attached hydrogens (tertiary/aromatic N) is 1. The molecule has 4 aliphatic rings. The molecule has 3 fully saturated rings. The molecule has 3 aliphatic heterocycles. The number of cyclic esters (lactones) is 1. The van der Waals surface area contributed by atoms with Gasteiger partial charge in [0.05, 0.1) is 37.6 Å². The van der Waals surface area contributed by atoms with Crippen molar-refractivity contribution in [3.63, 3.8) is 0 Å². The fourth-order valence-corrected chi connectivity index (χ4v) is 10.2. The lowest BCUT2D eigenvalue weighted by Gasteiger charge is -2.42. The van der Waals surface area contributed by atoms with Gasteiger partial charge in [-0.2, -0.15) is 0 Å². The first-order valence-electron chi connectivity index (χ1n) is 25.0. The summed E-state index contributed by atoms with van der Waals surface area (Å²) in [4.78, 5) is 72.0. The first-order chi connectivity index (χ1) is 32.4. The van der Waals surface area contributed by atoms with Crippen LogP contribution in [0.5, 0.6) is 0 Å². The van der Waals surface area contributed by atoms with E-state index >= 15 is 0 Å². The molecular formula is C53H83NO14. The van der Waals surface area contributed by atoms with Crippen molar-refractivity contribution in [1.29, 1.82) is 0 Å². The number of ether oxygens (including phenoxy) is 7. The van der Waals surface area contributed by atoms with Gasteiger partial charge in [0.2, 0.25) is 5.79 Å². The highest BCUT2D eigenvalue weighted by atomic mass is 16.6. The van der Waals surface area contributed by atoms with Gasteiger partial charge >= 0.3 is 5.97 Å². The third-order valence-corrected chi connectivity index (χ3v) is 14.8. The van der Waals surface area contributed by atoms with E-state index in [9.17, 15) is 34.2 Å². The molecule has 1 amide bonds. The van der Waals surface area contributed by atoms with Gasteiger partial charge in [-0.15, -0.1) is 0 Å². The monoisotopic (exact) mass is 958 g/mol. The Balaban J connectivity index is 1.68. The van der Waals surface area contributed by atoms with Crippen molar-refractivity contribution in [2.45, 2.75) is 180 Å². The number of piperidine rings is 1. The molecule has 3 heterocycles. The molecule has 0 aromatic carbocycles. The van der Waals surface area contributed by atoms with Crippen molar-refractivity contribution in [1.82, 2.24) is 4.90 Å². The molecule has 4 rings (SSSR count). The first-order valence-corrected chi connectivity index (χ1v) is 25.0. The SMILES string of the molecule is COCCO[C@@H]1CC[C@@H](C[C@@H](C)[C@@H]2CC(=O)[C@H](C)/C=C(\C)[C@@H](O)[C@@H](OC)C(=O)[C@H](C)CC/C=C/C=C/C=C(\C)[C@@H](OC)C[C@@H]3CC[C@@H](C)[C@@](O)(O3)C(=O)C(=O)N3CCCC[C@H]3C(=O)O2)C[C@H]1OC. The average molecular weight is 958 g/mol. The summed E-state index contributed by atoms with van der Waals surface area (Å²) in [5, 5.41) is 23.4. The number of hydrogen-bond acceptors (Lipinski definition) is 14. The van der Waals surface area contributed by atoms with E-state index in [-0.39, 0.29) is 55.0 Å². The number of aliphatic hydroxyl groups is 2. The van der Waals surface area contributed by atoms with Crippen LogP contribution in [0.1, 0.15) is 125 Å². The predicted octanol–water partition coefficient (Wildman–Crippen LogP) is 6.61. The number of aliphatic hydroxyl groups excluding tert-OH is 1. The first kappa shape index (κ1) is 57.2. The molecule has 14 atom stereocenters. The molecule has 384 valence electrons. The molecule has 0 aromatic heterocycles. The van der Waals surface area contributed by atoms with Crippen LogP contribution in [-0.2, 0) is 57.1 Å². The van der Waals surface area contributed by atoms with Gasteiger partial charge in [0.25, 0.3) is 11.7 Å². The van der Waals surface area contributed by atoms with Gasteiger partial charge in [-0.3, -0.25) is 19.2 Å². The molecule has 0 radical (unpaired) electrons. The van der Waals surface area contributed by atoms with Crippen LogP contribution in [-0.4, -0.2) is 147 Å². The molecule has 2 saturated heterocycles. The van der Waals surface area contributed by atoms with Crippen LogP contribution in [0.2, 0.25) is 0 Å². The van der Waals surface area contributed by atoms with Gasteiger partial charge in [0, 0.05) is 65.6 Å². The fraction of sp³-hybridized carbons (Fsp3) is 0.755. The standard InChI is InChI=1S/C53H83NO14/c1-33-18-14-12-11-13-15-19-34(2)47(56)49(65-10)48(57)37(5)28-35(3)42(55)32-45(36(4)29-39-22-24-43(46(30-39)64-9)66-27-26-62-7)67-52(60)41-20-16-17-25-54(41)51(59)50(58)53(61)38(6)21-23-40(68-53)31-44(33)63-8/h11-14,18,28,34-36,38-41,43-46,48-49,57,61H,15-17,19-27,29-32H2,1-10H3/b13-11+,14-12+,33-18+,37-28+/t34-,35-,36-,38-,39+,40+,41+,43-,44+,45+,46-,48-,49+,53-/m1/s1. The van der Waals surface area contributed by atoms with E-state index < -0.39 is 77.8 Å². The van der Waals surface area contributed by atoms with Gasteiger partial charge < -0.3 is 48.3 Å². The summed E-state index contributed by atoms with van der Waals surface area (Å²) in [5.41, 5.74) is 1.28. The normalized spacial score (nSPS) is 38.1. The molecule has 15 nitrogen and oxygen atoms in total. The molecule has 2 bridgehead atoms. The van der Waals surface area contributed by atoms with Crippen molar-refractivity contribution in [3.05, 3.63) is 47.6 Å². The highest BCUT2D eigenvalue weighted by Gasteiger charge is 2.53. The van der Waals surface area contributed by atoms with Crippen molar-refractivity contribution in [2.24, 2.45) is 29.6 Å². The quantitative estimate of drug-likeness (QED) is 0.103. The second-order valence-electron chi connectivity index (χ2n) is 19.8. The Morgan fingerprint density at radius 2 is 1.59 bits per heavy atom. The van der Waals surface area contributed by atoms with Gasteiger partial charge in [-0.05, 0) is 107 Å². The molecule has 15 heteroatoms. The number of fused-ring (bicyclic) bond motifs is 3. The Morgan fingerprint density at radius 3 is 2.28 bits per heavy atom. The Kier molecular flexibility index (Phi) is 23.4. The zero-order valence-corrected chi connectivity index (χ0v) is 42.5. The molecule has 1 saturated carbocycles. The Bertz CT molecular complexity index is 1790. The van der Waals surface area contributed by atoms with Crippen LogP contribution in [0.25, 0.3) is 0 Å². The van der Waals surface area contributed by atoms with E-state index in [1.807, 2.05) is 51.2 Å². The number of carbonyl (C=O) groups excluding carboxylic acids is 5. The van der Waals surface area contributed by atoms with Crippen LogP contribution in [0.3, 0.4) is 0 Å². The third kappa shape index (κ3) is 15.5. The summed E-state index contributed by atoms with van der Waals surface area (Å²) in [5.74, 6) is -7.81. The third-order valence-electron chi connectivity index (χ3n) is 14.8. The number of methoxy groups -OCH3 is 4. The zero-order chi connectivity index (χ0) is 50.1. The van der Waals surface area contributed by atoms with E-state index in [1.54, 1.807) is 48.2 Å². The van der Waals surface area contributed by atoms with Gasteiger partial charge in [0.15, 0.2) is 5.78 Å². The number of amides is 1. The Morgan fingerprint density at radius 1 is 0.838 bits per heavy atom. The predicted molar refractivity (Wildman–Crippen MR) is 256 cm³/mol. The largest absolute Gasteiger partial charge is 0.460 e. The fourth-order valence-electron chi connectivity index (χ4n) is 10.2. The number of carbonyl (C=O) groups is 5. The molecular weight excluding hydrogens is 875 g/mol. The number of esters is 1. The minimum Gasteiger partial charge on any atom is -0.460 e. The smallest absolute Gasteiger partial charge is 0.329 e. The Labute approximate surface area is 405 Å². The zero-order valence-electron chi connectivity index (χ0n) is 42.5. The minimum atomic E-state index is -2.42. The van der Waals surface area contributed by atoms with E-state index in [0.717, 1.165) is 18.4 Å².